The van der Waals surface area contributed by atoms with Crippen LogP contribution in [0.5, 0.6) is 0 Å². The number of para-hydroxylation sites is 1. The first-order chi connectivity index (χ1) is 15.0. The van der Waals surface area contributed by atoms with Crippen LogP contribution in [0.15, 0.2) is 42.6 Å². The van der Waals surface area contributed by atoms with Gasteiger partial charge in [0.05, 0.1) is 16.3 Å². The Balaban J connectivity index is 1.58. The maximum absolute atomic E-state index is 12.9. The second kappa shape index (κ2) is 11.3. The lowest BCUT2D eigenvalue weighted by Crippen LogP contribution is -2.40. The molecule has 1 saturated heterocycles. The summed E-state index contributed by atoms with van der Waals surface area (Å²) in [6.45, 7) is 7.48. The number of amides is 2. The zero-order valence-corrected chi connectivity index (χ0v) is 19.0. The number of hydrogen-bond donors (Lipinski definition) is 2. The van der Waals surface area contributed by atoms with Gasteiger partial charge in [0.15, 0.2) is 0 Å². The number of carbonyl (C=O) groups excluding carboxylic acids is 2. The Morgan fingerprint density at radius 3 is 2.45 bits per heavy atom. The lowest BCUT2D eigenvalue weighted by Gasteiger charge is -2.33. The maximum Gasteiger partial charge on any atom is 0.258 e. The van der Waals surface area contributed by atoms with Crippen LogP contribution in [0.3, 0.4) is 0 Å². The first-order valence-electron chi connectivity index (χ1n) is 11.0. The molecule has 166 valence electrons. The largest absolute Gasteiger partial charge is 0.325 e. The minimum absolute atomic E-state index is 0.0212. The Kier molecular flexibility index (Phi) is 8.43. The zero-order valence-electron chi connectivity index (χ0n) is 18.2. The number of rotatable bonds is 8. The van der Waals surface area contributed by atoms with Crippen molar-refractivity contribution in [3.05, 3.63) is 53.2 Å². The van der Waals surface area contributed by atoms with E-state index in [-0.39, 0.29) is 17.7 Å². The number of pyridine rings is 1. The van der Waals surface area contributed by atoms with Crippen molar-refractivity contribution in [3.63, 3.8) is 0 Å². The zero-order chi connectivity index (χ0) is 22.2. The van der Waals surface area contributed by atoms with Gasteiger partial charge in [-0.2, -0.15) is 0 Å². The molecule has 1 aromatic carbocycles. The van der Waals surface area contributed by atoms with Gasteiger partial charge in [-0.3, -0.25) is 9.59 Å². The Morgan fingerprint density at radius 2 is 1.81 bits per heavy atom. The van der Waals surface area contributed by atoms with Crippen LogP contribution in [0.25, 0.3) is 0 Å². The highest BCUT2D eigenvalue weighted by Gasteiger charge is 2.26. The lowest BCUT2D eigenvalue weighted by atomic mass is 9.94. The van der Waals surface area contributed by atoms with Gasteiger partial charge in [-0.1, -0.05) is 50.4 Å². The minimum Gasteiger partial charge on any atom is -0.325 e. The Labute approximate surface area is 189 Å². The van der Waals surface area contributed by atoms with Crippen LogP contribution in [0, 0.1) is 11.8 Å². The van der Waals surface area contributed by atoms with Crippen LogP contribution in [0.4, 0.5) is 11.5 Å². The summed E-state index contributed by atoms with van der Waals surface area (Å²) in [4.78, 5) is 32.2. The summed E-state index contributed by atoms with van der Waals surface area (Å²) in [6, 6.07) is 10.3. The van der Waals surface area contributed by atoms with Crippen LogP contribution in [-0.2, 0) is 4.79 Å². The molecule has 0 unspecified atom stereocenters. The third-order valence-electron chi connectivity index (χ3n) is 6.03. The fraction of sp³-hybridized carbons (Fsp3) is 0.458. The van der Waals surface area contributed by atoms with Crippen molar-refractivity contribution in [1.29, 1.82) is 0 Å². The van der Waals surface area contributed by atoms with E-state index in [1.807, 2.05) is 6.07 Å². The molecule has 6 nitrogen and oxygen atoms in total. The van der Waals surface area contributed by atoms with Crippen molar-refractivity contribution in [1.82, 2.24) is 9.88 Å². The normalized spacial score (nSPS) is 15.1. The number of benzene rings is 1. The fourth-order valence-electron chi connectivity index (χ4n) is 3.95. The first-order valence-corrected chi connectivity index (χ1v) is 11.4. The number of nitrogens with one attached hydrogen (secondary N) is 2. The Bertz CT molecular complexity index is 875. The highest BCUT2D eigenvalue weighted by Crippen LogP contribution is 2.23. The van der Waals surface area contributed by atoms with Crippen molar-refractivity contribution >= 4 is 34.9 Å². The van der Waals surface area contributed by atoms with Crippen LogP contribution < -0.4 is 10.6 Å². The highest BCUT2D eigenvalue weighted by atomic mass is 35.5. The molecule has 7 heteroatoms. The van der Waals surface area contributed by atoms with Crippen LogP contribution in [0.1, 0.15) is 49.9 Å². The summed E-state index contributed by atoms with van der Waals surface area (Å²) >= 11 is 5.84. The molecule has 2 N–H and O–H groups in total. The number of anilines is 2. The molecule has 0 aliphatic carbocycles. The van der Waals surface area contributed by atoms with E-state index in [0.717, 1.165) is 38.4 Å². The predicted octanol–water partition coefficient (Wildman–Crippen LogP) is 5.07. The van der Waals surface area contributed by atoms with Crippen molar-refractivity contribution in [3.8, 4) is 0 Å². The van der Waals surface area contributed by atoms with E-state index in [1.165, 1.54) is 19.0 Å². The molecule has 0 radical (unpaired) electrons. The first kappa shape index (κ1) is 23.2. The number of piperidine rings is 1. The SMILES string of the molecule is CCC(CC)CN1CCC(C(=O)Nc2ccccc2C(=O)Nc2ccc(Cl)cn2)CC1. The molecule has 0 saturated carbocycles. The average molecular weight is 443 g/mol. The third-order valence-corrected chi connectivity index (χ3v) is 6.25. The van der Waals surface area contributed by atoms with E-state index >= 15 is 0 Å². The molecule has 2 aromatic rings. The molecular formula is C24H31ClN4O2. The van der Waals surface area contributed by atoms with E-state index in [0.29, 0.717) is 22.1 Å². The molecule has 1 aliphatic rings. The van der Waals surface area contributed by atoms with Gasteiger partial charge in [0.25, 0.3) is 5.91 Å². The molecular weight excluding hydrogens is 412 g/mol. The Hall–Kier alpha value is -2.44. The summed E-state index contributed by atoms with van der Waals surface area (Å²) in [7, 11) is 0. The molecule has 31 heavy (non-hydrogen) atoms. The second-order valence-electron chi connectivity index (χ2n) is 8.11. The number of likely N-dealkylation sites (tertiary alicyclic amines) is 1. The van der Waals surface area contributed by atoms with Crippen LogP contribution in [0.2, 0.25) is 5.02 Å². The van der Waals surface area contributed by atoms with Crippen molar-refractivity contribution < 1.29 is 9.59 Å². The number of hydrogen-bond acceptors (Lipinski definition) is 4. The van der Waals surface area contributed by atoms with Gasteiger partial charge >= 0.3 is 0 Å². The summed E-state index contributed by atoms with van der Waals surface area (Å²) in [5.74, 6) is 0.746. The minimum atomic E-state index is -0.328. The van der Waals surface area contributed by atoms with Crippen LogP contribution in [-0.4, -0.2) is 41.3 Å². The smallest absolute Gasteiger partial charge is 0.258 e. The fourth-order valence-corrected chi connectivity index (χ4v) is 4.06. The standard InChI is InChI=1S/C24H31ClN4O2/c1-3-17(4-2)16-29-13-11-18(12-14-29)23(30)27-21-8-6-5-7-20(21)24(31)28-22-10-9-19(25)15-26-22/h5-10,15,17-18H,3-4,11-14,16H2,1-2H3,(H,27,30)(H,26,28,31). The van der Waals surface area contributed by atoms with E-state index in [9.17, 15) is 9.59 Å². The monoisotopic (exact) mass is 442 g/mol. The van der Waals surface area contributed by atoms with Gasteiger partial charge < -0.3 is 15.5 Å². The molecule has 1 fully saturated rings. The van der Waals surface area contributed by atoms with E-state index < -0.39 is 0 Å². The molecule has 2 amide bonds. The van der Waals surface area contributed by atoms with E-state index in [1.54, 1.807) is 30.3 Å². The van der Waals surface area contributed by atoms with E-state index in [2.05, 4.69) is 34.4 Å². The van der Waals surface area contributed by atoms with Gasteiger partial charge in [0, 0.05) is 18.7 Å². The lowest BCUT2D eigenvalue weighted by molar-refractivity contribution is -0.121. The number of nitrogens with zero attached hydrogens (tertiary/aromatic N) is 2. The molecule has 0 bridgehead atoms. The second-order valence-corrected chi connectivity index (χ2v) is 8.54. The summed E-state index contributed by atoms with van der Waals surface area (Å²) in [6.07, 6.45) is 5.55. The van der Waals surface area contributed by atoms with Gasteiger partial charge in [-0.05, 0) is 56.1 Å². The van der Waals surface area contributed by atoms with Crippen molar-refractivity contribution in [2.24, 2.45) is 11.8 Å². The molecule has 0 spiro atoms. The third kappa shape index (κ3) is 6.52. The van der Waals surface area contributed by atoms with Gasteiger partial charge in [0.2, 0.25) is 5.91 Å². The molecule has 1 aromatic heterocycles. The highest BCUT2D eigenvalue weighted by molar-refractivity contribution is 6.30. The molecule has 0 atom stereocenters. The summed E-state index contributed by atoms with van der Waals surface area (Å²) < 4.78 is 0. The van der Waals surface area contributed by atoms with E-state index in [4.69, 9.17) is 11.6 Å². The number of aromatic nitrogens is 1. The Morgan fingerprint density at radius 1 is 1.10 bits per heavy atom. The van der Waals surface area contributed by atoms with Crippen molar-refractivity contribution in [2.45, 2.75) is 39.5 Å². The van der Waals surface area contributed by atoms with Crippen LogP contribution >= 0.6 is 11.6 Å². The van der Waals surface area contributed by atoms with Gasteiger partial charge in [0.1, 0.15) is 5.82 Å². The van der Waals surface area contributed by atoms with Gasteiger partial charge in [-0.25, -0.2) is 4.98 Å². The molecule has 1 aliphatic heterocycles. The number of halogens is 1. The molecule has 3 rings (SSSR count). The van der Waals surface area contributed by atoms with Gasteiger partial charge in [-0.15, -0.1) is 0 Å². The van der Waals surface area contributed by atoms with Crippen molar-refractivity contribution in [2.75, 3.05) is 30.3 Å². The molecule has 2 heterocycles. The topological polar surface area (TPSA) is 74.3 Å². The average Bonchev–Trinajstić information content (AvgIpc) is 2.79. The maximum atomic E-state index is 12.9. The number of carbonyl (C=O) groups is 2. The quantitative estimate of drug-likeness (QED) is 0.598. The summed E-state index contributed by atoms with van der Waals surface area (Å²) in [5, 5.41) is 6.22. The predicted molar refractivity (Wildman–Crippen MR) is 126 cm³/mol. The summed E-state index contributed by atoms with van der Waals surface area (Å²) in [5.41, 5.74) is 0.914.